The Balaban J connectivity index is 1.99. The Labute approximate surface area is 54.2 Å². The topological polar surface area (TPSA) is 58.3 Å². The van der Waals surface area contributed by atoms with E-state index < -0.39 is 0 Å². The Kier molecular flexibility index (Phi) is 1.06. The van der Waals surface area contributed by atoms with E-state index in [4.69, 9.17) is 10.8 Å². The first-order valence-corrected chi connectivity index (χ1v) is 3.44. The first-order chi connectivity index (χ1) is 4.34. The van der Waals surface area contributed by atoms with E-state index >= 15 is 0 Å². The minimum Gasteiger partial charge on any atom is -0.395 e. The zero-order valence-electron chi connectivity index (χ0n) is 5.25. The molecule has 1 heterocycles. The van der Waals surface area contributed by atoms with Gasteiger partial charge >= 0.3 is 0 Å². The predicted molar refractivity (Wildman–Crippen MR) is 33.8 cm³/mol. The standard InChI is InChI=1S/C6H12N2O/c7-6-3-1-8-4(2-9)5(3)6/h3-6,8-9H,1-2,7H2. The highest BCUT2D eigenvalue weighted by Gasteiger charge is 2.55. The van der Waals surface area contributed by atoms with Gasteiger partial charge in [0.1, 0.15) is 0 Å². The van der Waals surface area contributed by atoms with Crippen LogP contribution in [0.3, 0.4) is 0 Å². The lowest BCUT2D eigenvalue weighted by molar-refractivity contribution is 0.240. The van der Waals surface area contributed by atoms with Crippen LogP contribution in [0.5, 0.6) is 0 Å². The van der Waals surface area contributed by atoms with Crippen LogP contribution in [-0.4, -0.2) is 30.3 Å². The molecule has 0 bridgehead atoms. The van der Waals surface area contributed by atoms with Crippen LogP contribution in [0.1, 0.15) is 0 Å². The third kappa shape index (κ3) is 0.625. The molecule has 4 unspecified atom stereocenters. The molecule has 3 heteroatoms. The van der Waals surface area contributed by atoms with Crippen LogP contribution in [0.2, 0.25) is 0 Å². The number of nitrogens with one attached hydrogen (secondary N) is 1. The molecular formula is C6H12N2O. The van der Waals surface area contributed by atoms with Crippen LogP contribution in [-0.2, 0) is 0 Å². The Morgan fingerprint density at radius 1 is 1.67 bits per heavy atom. The van der Waals surface area contributed by atoms with Crippen LogP contribution in [0, 0.1) is 11.8 Å². The molecule has 1 saturated heterocycles. The molecule has 4 N–H and O–H groups in total. The minimum absolute atomic E-state index is 0.245. The number of nitrogens with two attached hydrogens (primary N) is 1. The molecule has 0 amide bonds. The van der Waals surface area contributed by atoms with Gasteiger partial charge in [0, 0.05) is 18.6 Å². The van der Waals surface area contributed by atoms with E-state index in [0.29, 0.717) is 23.9 Å². The molecule has 0 spiro atoms. The molecule has 4 atom stereocenters. The van der Waals surface area contributed by atoms with Gasteiger partial charge in [0.2, 0.25) is 0 Å². The van der Waals surface area contributed by atoms with Gasteiger partial charge in [0.05, 0.1) is 6.61 Å². The molecule has 1 saturated carbocycles. The lowest BCUT2D eigenvalue weighted by Crippen LogP contribution is -2.34. The summed E-state index contributed by atoms with van der Waals surface area (Å²) in [5.41, 5.74) is 5.69. The Morgan fingerprint density at radius 3 is 2.78 bits per heavy atom. The highest BCUT2D eigenvalue weighted by Crippen LogP contribution is 2.43. The largest absolute Gasteiger partial charge is 0.395 e. The molecule has 9 heavy (non-hydrogen) atoms. The lowest BCUT2D eigenvalue weighted by Gasteiger charge is -2.09. The first kappa shape index (κ1) is 5.65. The maximum absolute atomic E-state index is 8.76. The molecule has 2 rings (SSSR count). The highest BCUT2D eigenvalue weighted by molar-refractivity contribution is 5.12. The first-order valence-electron chi connectivity index (χ1n) is 3.44. The van der Waals surface area contributed by atoms with Crippen molar-refractivity contribution < 1.29 is 5.11 Å². The van der Waals surface area contributed by atoms with Crippen LogP contribution in [0.15, 0.2) is 0 Å². The normalized spacial score (nSPS) is 55.3. The zero-order valence-corrected chi connectivity index (χ0v) is 5.25. The number of fused-ring (bicyclic) bond motifs is 1. The fourth-order valence-corrected chi connectivity index (χ4v) is 1.88. The van der Waals surface area contributed by atoms with E-state index in [1.807, 2.05) is 0 Å². The molecule has 2 fully saturated rings. The van der Waals surface area contributed by atoms with Gasteiger partial charge in [-0.1, -0.05) is 0 Å². The molecule has 2 aliphatic rings. The quantitative estimate of drug-likeness (QED) is 0.404. The van der Waals surface area contributed by atoms with Crippen LogP contribution >= 0.6 is 0 Å². The summed E-state index contributed by atoms with van der Waals surface area (Å²) in [6.45, 7) is 1.26. The van der Waals surface area contributed by atoms with E-state index in [1.54, 1.807) is 0 Å². The van der Waals surface area contributed by atoms with Gasteiger partial charge in [-0.05, 0) is 11.8 Å². The average molecular weight is 128 g/mol. The van der Waals surface area contributed by atoms with Gasteiger partial charge in [-0.2, -0.15) is 0 Å². The number of aliphatic hydroxyl groups excluding tert-OH is 1. The predicted octanol–water partition coefficient (Wildman–Crippen LogP) is -1.48. The molecule has 0 aromatic heterocycles. The van der Waals surface area contributed by atoms with Crippen molar-refractivity contribution in [3.63, 3.8) is 0 Å². The Hall–Kier alpha value is -0.120. The molecule has 52 valence electrons. The smallest absolute Gasteiger partial charge is 0.0588 e. The summed E-state index contributed by atoms with van der Waals surface area (Å²) in [6, 6.07) is 0.674. The summed E-state index contributed by atoms with van der Waals surface area (Å²) in [4.78, 5) is 0. The molecule has 0 radical (unpaired) electrons. The van der Waals surface area contributed by atoms with Crippen molar-refractivity contribution in [3.05, 3.63) is 0 Å². The van der Waals surface area contributed by atoms with Crippen molar-refractivity contribution in [2.45, 2.75) is 12.1 Å². The van der Waals surface area contributed by atoms with Crippen LogP contribution < -0.4 is 11.1 Å². The van der Waals surface area contributed by atoms with Crippen molar-refractivity contribution in [3.8, 4) is 0 Å². The summed E-state index contributed by atoms with van der Waals surface area (Å²) >= 11 is 0. The summed E-state index contributed by atoms with van der Waals surface area (Å²) < 4.78 is 0. The fourth-order valence-electron chi connectivity index (χ4n) is 1.88. The minimum atomic E-state index is 0.245. The van der Waals surface area contributed by atoms with Crippen molar-refractivity contribution in [2.24, 2.45) is 17.6 Å². The summed E-state index contributed by atoms with van der Waals surface area (Å²) in [5.74, 6) is 1.25. The molecular weight excluding hydrogens is 116 g/mol. The summed E-state index contributed by atoms with van der Waals surface area (Å²) in [6.07, 6.45) is 0. The zero-order chi connectivity index (χ0) is 6.43. The SMILES string of the molecule is NC1C2CNC(CO)C12. The average Bonchev–Trinajstić information content (AvgIpc) is 2.41. The van der Waals surface area contributed by atoms with E-state index in [-0.39, 0.29) is 6.61 Å². The highest BCUT2D eigenvalue weighted by atomic mass is 16.3. The molecule has 1 aliphatic heterocycles. The van der Waals surface area contributed by atoms with Gasteiger partial charge < -0.3 is 16.2 Å². The van der Waals surface area contributed by atoms with Crippen molar-refractivity contribution in [1.82, 2.24) is 5.32 Å². The van der Waals surface area contributed by atoms with Crippen LogP contribution in [0.4, 0.5) is 0 Å². The van der Waals surface area contributed by atoms with Gasteiger partial charge in [0.25, 0.3) is 0 Å². The number of rotatable bonds is 1. The second kappa shape index (κ2) is 1.68. The third-order valence-electron chi connectivity index (χ3n) is 2.57. The van der Waals surface area contributed by atoms with Crippen molar-refractivity contribution in [1.29, 1.82) is 0 Å². The Bertz CT molecular complexity index is 128. The molecule has 0 aromatic rings. The van der Waals surface area contributed by atoms with E-state index in [1.165, 1.54) is 0 Å². The second-order valence-corrected chi connectivity index (χ2v) is 3.02. The molecule has 0 aromatic carbocycles. The van der Waals surface area contributed by atoms with Gasteiger partial charge in [-0.15, -0.1) is 0 Å². The number of aliphatic hydroxyl groups is 1. The number of hydrogen-bond acceptors (Lipinski definition) is 3. The monoisotopic (exact) mass is 128 g/mol. The van der Waals surface area contributed by atoms with Gasteiger partial charge in [0.15, 0.2) is 0 Å². The number of hydrogen-bond donors (Lipinski definition) is 3. The second-order valence-electron chi connectivity index (χ2n) is 3.02. The van der Waals surface area contributed by atoms with Gasteiger partial charge in [-0.25, -0.2) is 0 Å². The lowest BCUT2D eigenvalue weighted by atomic mass is 10.2. The van der Waals surface area contributed by atoms with Gasteiger partial charge in [-0.3, -0.25) is 0 Å². The van der Waals surface area contributed by atoms with Crippen LogP contribution in [0.25, 0.3) is 0 Å². The Morgan fingerprint density at radius 2 is 2.44 bits per heavy atom. The van der Waals surface area contributed by atoms with Crippen molar-refractivity contribution >= 4 is 0 Å². The number of piperidine rings is 1. The summed E-state index contributed by atoms with van der Waals surface area (Å²) in [5, 5.41) is 12.0. The molecule has 1 aliphatic carbocycles. The molecule has 3 nitrogen and oxygen atoms in total. The summed E-state index contributed by atoms with van der Waals surface area (Å²) in [7, 11) is 0. The van der Waals surface area contributed by atoms with E-state index in [2.05, 4.69) is 5.32 Å². The van der Waals surface area contributed by atoms with E-state index in [0.717, 1.165) is 6.54 Å². The third-order valence-corrected chi connectivity index (χ3v) is 2.57. The van der Waals surface area contributed by atoms with E-state index in [9.17, 15) is 0 Å². The fraction of sp³-hybridized carbons (Fsp3) is 1.00. The van der Waals surface area contributed by atoms with Crippen molar-refractivity contribution in [2.75, 3.05) is 13.2 Å². The maximum atomic E-state index is 8.76. The maximum Gasteiger partial charge on any atom is 0.0588 e.